The van der Waals surface area contributed by atoms with Crippen LogP contribution in [0.4, 0.5) is 0 Å². The zero-order chi connectivity index (χ0) is 12.9. The summed E-state index contributed by atoms with van der Waals surface area (Å²) in [6, 6.07) is 12.2. The molecule has 0 atom stereocenters. The molecule has 0 saturated carbocycles. The van der Waals surface area contributed by atoms with Crippen LogP contribution in [0.1, 0.15) is 11.4 Å². The van der Waals surface area contributed by atoms with Crippen molar-refractivity contribution in [3.05, 3.63) is 66.5 Å². The maximum atomic E-state index is 4.47. The van der Waals surface area contributed by atoms with Crippen LogP contribution in [0.25, 0.3) is 0 Å². The van der Waals surface area contributed by atoms with Gasteiger partial charge in [0.25, 0.3) is 0 Å². The van der Waals surface area contributed by atoms with Crippen molar-refractivity contribution < 1.29 is 0 Å². The molecule has 96 valence electrons. The van der Waals surface area contributed by atoms with Gasteiger partial charge in [0.1, 0.15) is 6.33 Å². The smallest absolute Gasteiger partial charge is 0.154 e. The number of nitrogens with zero attached hydrogens (tertiary/aromatic N) is 5. The lowest BCUT2D eigenvalue weighted by atomic mass is 10.1. The minimum absolute atomic E-state index is 0.773. The highest BCUT2D eigenvalue weighted by Crippen LogP contribution is 2.04. The largest absolute Gasteiger partial charge is 0.271 e. The number of rotatable bonds is 5. The molecule has 0 saturated heterocycles. The van der Waals surface area contributed by atoms with Gasteiger partial charge in [-0.25, -0.2) is 4.98 Å². The van der Waals surface area contributed by atoms with Crippen LogP contribution >= 0.6 is 0 Å². The molecule has 3 aromatic rings. The Hall–Kier alpha value is -2.43. The molecule has 2 heterocycles. The molecule has 0 spiro atoms. The Balaban J connectivity index is 1.60. The molecule has 3 rings (SSSR count). The van der Waals surface area contributed by atoms with Crippen LogP contribution in [-0.4, -0.2) is 24.5 Å². The van der Waals surface area contributed by atoms with E-state index < -0.39 is 0 Å². The van der Waals surface area contributed by atoms with Crippen LogP contribution in [-0.2, 0) is 19.5 Å². The van der Waals surface area contributed by atoms with E-state index in [0.29, 0.717) is 0 Å². The molecular weight excluding hydrogens is 238 g/mol. The molecule has 0 amide bonds. The number of benzene rings is 1. The molecule has 0 fully saturated rings. The first-order valence-electron chi connectivity index (χ1n) is 6.30. The summed E-state index contributed by atoms with van der Waals surface area (Å²) in [6.45, 7) is 1.59. The molecule has 2 aromatic heterocycles. The highest BCUT2D eigenvalue weighted by atomic mass is 15.3. The summed E-state index contributed by atoms with van der Waals surface area (Å²) in [4.78, 5) is 4.33. The minimum Gasteiger partial charge on any atom is -0.271 e. The Morgan fingerprint density at radius 2 is 1.79 bits per heavy atom. The molecule has 0 aliphatic heterocycles. The highest BCUT2D eigenvalue weighted by Gasteiger charge is 2.02. The van der Waals surface area contributed by atoms with Gasteiger partial charge in [-0.15, -0.1) is 0 Å². The molecular formula is C14H15N5. The molecule has 1 aromatic carbocycles. The van der Waals surface area contributed by atoms with Crippen molar-refractivity contribution in [3.63, 3.8) is 0 Å². The molecule has 0 N–H and O–H groups in total. The summed E-state index contributed by atoms with van der Waals surface area (Å²) in [7, 11) is 0. The fourth-order valence-corrected chi connectivity index (χ4v) is 1.94. The van der Waals surface area contributed by atoms with Crippen LogP contribution in [0.3, 0.4) is 0 Å². The van der Waals surface area contributed by atoms with Crippen LogP contribution < -0.4 is 0 Å². The van der Waals surface area contributed by atoms with Gasteiger partial charge in [0, 0.05) is 18.8 Å². The summed E-state index contributed by atoms with van der Waals surface area (Å²) < 4.78 is 3.75. The maximum Gasteiger partial charge on any atom is 0.154 e. The third-order valence-electron chi connectivity index (χ3n) is 2.91. The van der Waals surface area contributed by atoms with Crippen LogP contribution in [0.2, 0.25) is 0 Å². The van der Waals surface area contributed by atoms with Gasteiger partial charge in [-0.1, -0.05) is 30.3 Å². The predicted octanol–water partition coefficient (Wildman–Crippen LogP) is 1.77. The number of hydrogen-bond acceptors (Lipinski definition) is 3. The monoisotopic (exact) mass is 253 g/mol. The van der Waals surface area contributed by atoms with Crippen LogP contribution in [0, 0.1) is 0 Å². The van der Waals surface area contributed by atoms with Crippen LogP contribution in [0.15, 0.2) is 55.1 Å². The van der Waals surface area contributed by atoms with Crippen molar-refractivity contribution in [1.29, 1.82) is 0 Å². The Bertz CT molecular complexity index is 612. The second-order valence-electron chi connectivity index (χ2n) is 4.36. The second kappa shape index (κ2) is 5.48. The van der Waals surface area contributed by atoms with E-state index in [9.17, 15) is 0 Å². The molecule has 0 radical (unpaired) electrons. The average molecular weight is 253 g/mol. The summed E-state index contributed by atoms with van der Waals surface area (Å²) in [6.07, 6.45) is 6.28. The van der Waals surface area contributed by atoms with Gasteiger partial charge in [-0.3, -0.25) is 9.36 Å². The molecule has 0 unspecified atom stereocenters. The van der Waals surface area contributed by atoms with E-state index in [1.165, 1.54) is 5.56 Å². The first-order valence-corrected chi connectivity index (χ1v) is 6.30. The van der Waals surface area contributed by atoms with Gasteiger partial charge >= 0.3 is 0 Å². The Morgan fingerprint density at radius 3 is 2.58 bits per heavy atom. The maximum absolute atomic E-state index is 4.47. The molecule has 19 heavy (non-hydrogen) atoms. The Labute approximate surface area is 111 Å². The summed E-state index contributed by atoms with van der Waals surface area (Å²) in [5.74, 6) is 0.853. The van der Waals surface area contributed by atoms with Gasteiger partial charge in [0.15, 0.2) is 5.82 Å². The van der Waals surface area contributed by atoms with Gasteiger partial charge in [0.2, 0.25) is 0 Å². The number of aryl methyl sites for hydroxylation is 2. The van der Waals surface area contributed by atoms with Crippen molar-refractivity contribution in [3.8, 4) is 0 Å². The lowest BCUT2D eigenvalue weighted by molar-refractivity contribution is 0.497. The minimum atomic E-state index is 0.773. The third-order valence-corrected chi connectivity index (χ3v) is 2.91. The van der Waals surface area contributed by atoms with Crippen molar-refractivity contribution in [2.75, 3.05) is 0 Å². The van der Waals surface area contributed by atoms with Crippen molar-refractivity contribution >= 4 is 0 Å². The first kappa shape index (κ1) is 11.6. The average Bonchev–Trinajstić information content (AvgIpc) is 3.09. The highest BCUT2D eigenvalue weighted by molar-refractivity contribution is 5.18. The normalized spacial score (nSPS) is 10.7. The fourth-order valence-electron chi connectivity index (χ4n) is 1.94. The zero-order valence-electron chi connectivity index (χ0n) is 10.6. The van der Waals surface area contributed by atoms with Gasteiger partial charge in [0.05, 0.1) is 13.1 Å². The Kier molecular flexibility index (Phi) is 3.36. The number of hydrogen-bond donors (Lipinski definition) is 0. The molecule has 0 aliphatic carbocycles. The van der Waals surface area contributed by atoms with E-state index in [4.69, 9.17) is 0 Å². The van der Waals surface area contributed by atoms with Crippen molar-refractivity contribution in [1.82, 2.24) is 24.5 Å². The quantitative estimate of drug-likeness (QED) is 0.696. The van der Waals surface area contributed by atoms with E-state index in [2.05, 4.69) is 27.3 Å². The van der Waals surface area contributed by atoms with E-state index >= 15 is 0 Å². The first-order chi connectivity index (χ1) is 9.40. The van der Waals surface area contributed by atoms with E-state index in [1.54, 1.807) is 12.5 Å². The fraction of sp³-hybridized carbons (Fsp3) is 0.214. The molecule has 5 nitrogen and oxygen atoms in total. The molecule has 0 aliphatic rings. The summed E-state index contributed by atoms with van der Waals surface area (Å²) in [5, 5.41) is 8.63. The van der Waals surface area contributed by atoms with E-state index in [1.807, 2.05) is 39.8 Å². The second-order valence-corrected chi connectivity index (χ2v) is 4.36. The van der Waals surface area contributed by atoms with Gasteiger partial charge < -0.3 is 0 Å². The summed E-state index contributed by atoms with van der Waals surface area (Å²) >= 11 is 0. The lowest BCUT2D eigenvalue weighted by Gasteiger charge is -2.01. The van der Waals surface area contributed by atoms with E-state index in [-0.39, 0.29) is 0 Å². The van der Waals surface area contributed by atoms with Crippen LogP contribution in [0.5, 0.6) is 0 Å². The predicted molar refractivity (Wildman–Crippen MR) is 71.5 cm³/mol. The number of aromatic nitrogens is 5. The lowest BCUT2D eigenvalue weighted by Crippen LogP contribution is -2.08. The zero-order valence-corrected chi connectivity index (χ0v) is 10.6. The standard InChI is InChI=1S/C14H15N5/c1-2-5-13(6-3-1)11-14-15-12-19(17-14)10-9-18-8-4-7-16-18/h1-8,12H,9-11H2. The van der Waals surface area contributed by atoms with E-state index in [0.717, 1.165) is 25.3 Å². The van der Waals surface area contributed by atoms with Gasteiger partial charge in [-0.05, 0) is 11.6 Å². The van der Waals surface area contributed by atoms with Crippen molar-refractivity contribution in [2.45, 2.75) is 19.5 Å². The summed E-state index contributed by atoms with van der Waals surface area (Å²) in [5.41, 5.74) is 1.23. The SMILES string of the molecule is c1ccc(Cc2ncn(CCn3cccn3)n2)cc1. The molecule has 5 heteroatoms. The topological polar surface area (TPSA) is 48.5 Å². The Morgan fingerprint density at radius 1 is 0.947 bits per heavy atom. The van der Waals surface area contributed by atoms with Gasteiger partial charge in [-0.2, -0.15) is 10.2 Å². The molecule has 0 bridgehead atoms. The van der Waals surface area contributed by atoms with Crippen molar-refractivity contribution in [2.24, 2.45) is 0 Å². The third kappa shape index (κ3) is 3.07.